The van der Waals surface area contributed by atoms with E-state index in [4.69, 9.17) is 22.0 Å². The fourth-order valence-electron chi connectivity index (χ4n) is 2.16. The highest BCUT2D eigenvalue weighted by atomic mass is 35.5. The first kappa shape index (κ1) is 14.8. The zero-order chi connectivity index (χ0) is 14.9. The van der Waals surface area contributed by atoms with Crippen LogP contribution < -0.4 is 0 Å². The Balaban J connectivity index is 2.43. The molecular weight excluding hydrogens is 304 g/mol. The summed E-state index contributed by atoms with van der Waals surface area (Å²) in [7, 11) is -3.92. The molecule has 1 aromatic carbocycles. The maximum Gasteiger partial charge on any atom is 0.322 e. The number of nitriles is 1. The first-order chi connectivity index (χ1) is 9.37. The summed E-state index contributed by atoms with van der Waals surface area (Å²) in [6.45, 7) is 0.164. The largest absolute Gasteiger partial charge is 0.480 e. The number of carboxylic acids is 1. The molecule has 1 atom stereocenters. The summed E-state index contributed by atoms with van der Waals surface area (Å²) < 4.78 is 25.8. The Kier molecular flexibility index (Phi) is 3.99. The van der Waals surface area contributed by atoms with E-state index in [1.165, 1.54) is 18.2 Å². The Morgan fingerprint density at radius 2 is 2.20 bits per heavy atom. The van der Waals surface area contributed by atoms with E-state index in [2.05, 4.69) is 0 Å². The lowest BCUT2D eigenvalue weighted by molar-refractivity contribution is -0.140. The van der Waals surface area contributed by atoms with Crippen molar-refractivity contribution >= 4 is 27.6 Å². The Morgan fingerprint density at radius 1 is 1.50 bits per heavy atom. The van der Waals surface area contributed by atoms with E-state index in [1.807, 2.05) is 6.07 Å². The lowest BCUT2D eigenvalue weighted by Crippen LogP contribution is -2.40. The van der Waals surface area contributed by atoms with Crippen molar-refractivity contribution in [2.75, 3.05) is 6.54 Å². The summed E-state index contributed by atoms with van der Waals surface area (Å²) in [5, 5.41) is 17.8. The molecule has 0 unspecified atom stereocenters. The van der Waals surface area contributed by atoms with Gasteiger partial charge in [-0.05, 0) is 31.0 Å². The van der Waals surface area contributed by atoms with Crippen LogP contribution in [0.5, 0.6) is 0 Å². The second-order valence-electron chi connectivity index (χ2n) is 4.37. The molecule has 0 radical (unpaired) electrons. The van der Waals surface area contributed by atoms with Crippen molar-refractivity contribution in [3.8, 4) is 6.07 Å². The smallest absolute Gasteiger partial charge is 0.322 e. The third-order valence-electron chi connectivity index (χ3n) is 3.16. The molecule has 0 spiro atoms. The second kappa shape index (κ2) is 5.40. The van der Waals surface area contributed by atoms with Gasteiger partial charge in [-0.3, -0.25) is 4.79 Å². The number of benzene rings is 1. The van der Waals surface area contributed by atoms with Gasteiger partial charge in [0.25, 0.3) is 0 Å². The Hall–Kier alpha value is -1.62. The molecule has 6 nitrogen and oxygen atoms in total. The first-order valence-electron chi connectivity index (χ1n) is 5.82. The summed E-state index contributed by atoms with van der Waals surface area (Å²) >= 11 is 5.82. The Labute approximate surface area is 121 Å². The number of sulfonamides is 1. The molecule has 1 aromatic rings. The average molecular weight is 315 g/mol. The molecule has 1 heterocycles. The van der Waals surface area contributed by atoms with Crippen LogP contribution in [0.2, 0.25) is 5.02 Å². The van der Waals surface area contributed by atoms with E-state index in [9.17, 15) is 13.2 Å². The van der Waals surface area contributed by atoms with Crippen molar-refractivity contribution < 1.29 is 18.3 Å². The third-order valence-corrected chi connectivity index (χ3v) is 5.37. The maximum atomic E-state index is 12.4. The summed E-state index contributed by atoms with van der Waals surface area (Å²) in [4.78, 5) is 11.0. The van der Waals surface area contributed by atoms with Crippen LogP contribution in [-0.4, -0.2) is 36.4 Å². The number of aliphatic carboxylic acids is 1. The highest BCUT2D eigenvalue weighted by Crippen LogP contribution is 2.28. The minimum Gasteiger partial charge on any atom is -0.480 e. The number of hydrogen-bond acceptors (Lipinski definition) is 4. The predicted octanol–water partition coefficient (Wildman–Crippen LogP) is 1.45. The van der Waals surface area contributed by atoms with Gasteiger partial charge in [-0.2, -0.15) is 9.57 Å². The lowest BCUT2D eigenvalue weighted by atomic mass is 10.2. The van der Waals surface area contributed by atoms with E-state index in [-0.39, 0.29) is 22.0 Å². The van der Waals surface area contributed by atoms with Gasteiger partial charge in [0.2, 0.25) is 10.0 Å². The van der Waals surface area contributed by atoms with Gasteiger partial charge in [0, 0.05) is 6.54 Å². The topological polar surface area (TPSA) is 98.5 Å². The van der Waals surface area contributed by atoms with Crippen LogP contribution in [-0.2, 0) is 14.8 Å². The molecule has 1 fully saturated rings. The van der Waals surface area contributed by atoms with E-state index in [0.29, 0.717) is 12.8 Å². The third kappa shape index (κ3) is 2.50. The van der Waals surface area contributed by atoms with Crippen molar-refractivity contribution in [3.63, 3.8) is 0 Å². The molecule has 0 amide bonds. The number of carboxylic acid groups (broad SMARTS) is 1. The normalized spacial score (nSPS) is 19.7. The minimum atomic E-state index is -3.92. The van der Waals surface area contributed by atoms with E-state index >= 15 is 0 Å². The standard InChI is InChI=1S/C12H11ClN2O4S/c13-10-6-9(4-3-8(10)7-14)20(18,19)15-5-1-2-11(15)12(16)17/h3-4,6,11H,1-2,5H2,(H,16,17)/t11-/m0/s1. The minimum absolute atomic E-state index is 0.0275. The molecule has 1 aliphatic heterocycles. The SMILES string of the molecule is N#Cc1ccc(S(=O)(=O)N2CCC[C@H]2C(=O)O)cc1Cl. The van der Waals surface area contributed by atoms with Gasteiger partial charge in [0.1, 0.15) is 12.1 Å². The zero-order valence-corrected chi connectivity index (χ0v) is 11.9. The summed E-state index contributed by atoms with van der Waals surface area (Å²) in [5.41, 5.74) is 0.168. The van der Waals surface area contributed by atoms with Gasteiger partial charge < -0.3 is 5.11 Å². The molecule has 0 aliphatic carbocycles. The monoisotopic (exact) mass is 314 g/mol. The van der Waals surface area contributed by atoms with Gasteiger partial charge in [-0.15, -0.1) is 0 Å². The predicted molar refractivity (Wildman–Crippen MR) is 70.7 cm³/mol. The first-order valence-corrected chi connectivity index (χ1v) is 7.64. The molecule has 0 bridgehead atoms. The maximum absolute atomic E-state index is 12.4. The van der Waals surface area contributed by atoms with Gasteiger partial charge in [-0.1, -0.05) is 11.6 Å². The van der Waals surface area contributed by atoms with Crippen molar-refractivity contribution in [2.45, 2.75) is 23.8 Å². The molecule has 0 aromatic heterocycles. The van der Waals surface area contributed by atoms with Gasteiger partial charge in [-0.25, -0.2) is 8.42 Å². The molecular formula is C12H11ClN2O4S. The second-order valence-corrected chi connectivity index (χ2v) is 6.66. The molecule has 8 heteroatoms. The molecule has 1 N–H and O–H groups in total. The number of carbonyl (C=O) groups is 1. The number of halogens is 1. The molecule has 0 saturated carbocycles. The molecule has 1 saturated heterocycles. The van der Waals surface area contributed by atoms with Crippen LogP contribution in [0.1, 0.15) is 18.4 Å². The molecule has 2 rings (SSSR count). The van der Waals surface area contributed by atoms with E-state index in [0.717, 1.165) is 4.31 Å². The van der Waals surface area contributed by atoms with Gasteiger partial charge in [0.15, 0.2) is 0 Å². The highest BCUT2D eigenvalue weighted by Gasteiger charge is 2.39. The molecule has 106 valence electrons. The average Bonchev–Trinajstić information content (AvgIpc) is 2.88. The summed E-state index contributed by atoms with van der Waals surface area (Å²) in [6, 6.07) is 4.53. The lowest BCUT2D eigenvalue weighted by Gasteiger charge is -2.21. The molecule has 20 heavy (non-hydrogen) atoms. The van der Waals surface area contributed by atoms with Gasteiger partial charge >= 0.3 is 5.97 Å². The van der Waals surface area contributed by atoms with Crippen LogP contribution in [0.25, 0.3) is 0 Å². The van der Waals surface area contributed by atoms with Crippen LogP contribution >= 0.6 is 11.6 Å². The fourth-order valence-corrected chi connectivity index (χ4v) is 4.12. The van der Waals surface area contributed by atoms with Crippen molar-refractivity contribution in [1.29, 1.82) is 5.26 Å². The van der Waals surface area contributed by atoms with Crippen LogP contribution in [0.4, 0.5) is 0 Å². The van der Waals surface area contributed by atoms with Crippen LogP contribution in [0.15, 0.2) is 23.1 Å². The number of hydrogen-bond donors (Lipinski definition) is 1. The van der Waals surface area contributed by atoms with Crippen molar-refractivity contribution in [3.05, 3.63) is 28.8 Å². The van der Waals surface area contributed by atoms with Crippen molar-refractivity contribution in [2.24, 2.45) is 0 Å². The van der Waals surface area contributed by atoms with Gasteiger partial charge in [0.05, 0.1) is 15.5 Å². The summed E-state index contributed by atoms with van der Waals surface area (Å²) in [6.07, 6.45) is 0.790. The molecule has 1 aliphatic rings. The Morgan fingerprint density at radius 3 is 2.75 bits per heavy atom. The number of rotatable bonds is 3. The van der Waals surface area contributed by atoms with Crippen molar-refractivity contribution in [1.82, 2.24) is 4.31 Å². The Bertz CT molecular complexity index is 696. The summed E-state index contributed by atoms with van der Waals surface area (Å²) in [5.74, 6) is -1.16. The quantitative estimate of drug-likeness (QED) is 0.910. The van der Waals surface area contributed by atoms with E-state index < -0.39 is 22.0 Å². The zero-order valence-electron chi connectivity index (χ0n) is 10.3. The van der Waals surface area contributed by atoms with Crippen LogP contribution in [0, 0.1) is 11.3 Å². The van der Waals surface area contributed by atoms with Crippen LogP contribution in [0.3, 0.4) is 0 Å². The fraction of sp³-hybridized carbons (Fsp3) is 0.333. The number of nitrogens with zero attached hydrogens (tertiary/aromatic N) is 2. The van der Waals surface area contributed by atoms with E-state index in [1.54, 1.807) is 0 Å². The highest BCUT2D eigenvalue weighted by molar-refractivity contribution is 7.89.